The Balaban J connectivity index is 1.43. The number of benzene rings is 8. The van der Waals surface area contributed by atoms with Gasteiger partial charge in [0.1, 0.15) is 0 Å². The summed E-state index contributed by atoms with van der Waals surface area (Å²) in [6.45, 7) is 8.66. The molecule has 58 heavy (non-hydrogen) atoms. The van der Waals surface area contributed by atoms with Crippen LogP contribution in [0.25, 0.3) is 32.3 Å². The molecule has 0 radical (unpaired) electrons. The summed E-state index contributed by atoms with van der Waals surface area (Å²) >= 11 is 0. The highest BCUT2D eigenvalue weighted by Gasteiger charge is 2.30. The molecule has 0 saturated heterocycles. The third-order valence-electron chi connectivity index (χ3n) is 10.9. The molecule has 0 unspecified atom stereocenters. The first-order chi connectivity index (χ1) is 27.7. The van der Waals surface area contributed by atoms with Gasteiger partial charge in [-0.05, 0) is 116 Å². The lowest BCUT2D eigenvalue weighted by atomic mass is 9.84. The van der Waals surface area contributed by atoms with Gasteiger partial charge in [-0.2, -0.15) is 26.3 Å². The zero-order chi connectivity index (χ0) is 40.9. The van der Waals surface area contributed by atoms with Gasteiger partial charge in [0.2, 0.25) is 0 Å². The van der Waals surface area contributed by atoms with Crippen LogP contribution in [0.5, 0.6) is 0 Å². The Labute approximate surface area is 334 Å². The molecule has 0 aromatic heterocycles. The zero-order valence-corrected chi connectivity index (χ0v) is 32.6. The van der Waals surface area contributed by atoms with Crippen molar-refractivity contribution in [2.45, 2.75) is 64.7 Å². The van der Waals surface area contributed by atoms with Crippen molar-refractivity contribution in [1.29, 1.82) is 0 Å². The number of nitrogens with zero attached hydrogens (tertiary/aromatic N) is 2. The number of anilines is 6. The molecule has 8 aromatic rings. The summed E-state index contributed by atoms with van der Waals surface area (Å²) in [4.78, 5) is 4.25. The lowest BCUT2D eigenvalue weighted by Crippen LogP contribution is -2.14. The molecule has 0 saturated carbocycles. The number of para-hydroxylation sites is 2. The van der Waals surface area contributed by atoms with Gasteiger partial charge in [0.05, 0.1) is 24.2 Å². The summed E-state index contributed by atoms with van der Waals surface area (Å²) < 4.78 is 80.3. The molecule has 8 heteroatoms. The van der Waals surface area contributed by atoms with Gasteiger partial charge in [0, 0.05) is 33.5 Å². The van der Waals surface area contributed by atoms with E-state index in [4.69, 9.17) is 0 Å². The molecule has 0 fully saturated rings. The standard InChI is InChI=1S/C50H42F6N2/c1-31(2)43-27-45(57(35-11-7-5-8-12-35)37-19-15-33(16-20-37)29-49(51,52)53)41-26-24-40-44(32(3)4)28-46(42-25-23-39(43)47(41)48(40)42)58(36-13-9-6-10-14-36)38-21-17-34(18-22-38)30-50(54,55)56/h5-28,31-32H,29-30H2,1-4H3. The van der Waals surface area contributed by atoms with Crippen molar-refractivity contribution in [2.24, 2.45) is 0 Å². The SMILES string of the molecule is CC(C)c1cc(N(c2ccccc2)c2ccc(CC(F)(F)F)cc2)c2ccc3c(C(C)C)cc(N(c4ccccc4)c4ccc(CC(F)(F)F)cc4)c4ccc1c2c34. The number of hydrogen-bond donors (Lipinski definition) is 0. The normalized spacial score (nSPS) is 12.4. The molecule has 0 amide bonds. The van der Waals surface area contributed by atoms with E-state index in [1.807, 2.05) is 60.7 Å². The van der Waals surface area contributed by atoms with E-state index in [1.54, 1.807) is 48.5 Å². The van der Waals surface area contributed by atoms with Crippen LogP contribution in [0.4, 0.5) is 60.5 Å². The van der Waals surface area contributed by atoms with Crippen molar-refractivity contribution in [3.8, 4) is 0 Å². The van der Waals surface area contributed by atoms with Gasteiger partial charge < -0.3 is 9.80 Å². The van der Waals surface area contributed by atoms with Crippen molar-refractivity contribution in [1.82, 2.24) is 0 Å². The smallest absolute Gasteiger partial charge is 0.310 e. The second-order valence-electron chi connectivity index (χ2n) is 15.6. The lowest BCUT2D eigenvalue weighted by molar-refractivity contribution is -0.128. The topological polar surface area (TPSA) is 6.48 Å². The Bertz CT molecular complexity index is 2490. The molecule has 2 nitrogen and oxygen atoms in total. The van der Waals surface area contributed by atoms with E-state index in [9.17, 15) is 26.3 Å². The van der Waals surface area contributed by atoms with Gasteiger partial charge >= 0.3 is 12.4 Å². The molecule has 8 aromatic carbocycles. The van der Waals surface area contributed by atoms with Gasteiger partial charge in [-0.15, -0.1) is 0 Å². The van der Waals surface area contributed by atoms with Gasteiger partial charge in [0.15, 0.2) is 0 Å². The van der Waals surface area contributed by atoms with Crippen LogP contribution in [0, 0.1) is 0 Å². The highest BCUT2D eigenvalue weighted by atomic mass is 19.4. The molecule has 0 aliphatic heterocycles. The highest BCUT2D eigenvalue weighted by molar-refractivity contribution is 6.29. The molecule has 0 aliphatic carbocycles. The maximum atomic E-state index is 13.4. The molecule has 0 N–H and O–H groups in total. The van der Waals surface area contributed by atoms with E-state index in [1.165, 1.54) is 0 Å². The summed E-state index contributed by atoms with van der Waals surface area (Å²) in [6, 6.07) is 46.0. The van der Waals surface area contributed by atoms with Gasteiger partial charge in [-0.3, -0.25) is 0 Å². The molecular formula is C50H42F6N2. The van der Waals surface area contributed by atoms with Crippen LogP contribution >= 0.6 is 0 Å². The largest absolute Gasteiger partial charge is 0.393 e. The summed E-state index contributed by atoms with van der Waals surface area (Å²) in [5.41, 5.74) is 7.63. The molecular weight excluding hydrogens is 743 g/mol. The van der Waals surface area contributed by atoms with E-state index in [0.29, 0.717) is 0 Å². The fourth-order valence-electron chi connectivity index (χ4n) is 8.33. The van der Waals surface area contributed by atoms with Crippen molar-refractivity contribution in [2.75, 3.05) is 9.80 Å². The van der Waals surface area contributed by atoms with Crippen LogP contribution in [0.1, 0.15) is 61.8 Å². The minimum atomic E-state index is -4.32. The zero-order valence-electron chi connectivity index (χ0n) is 32.6. The fourth-order valence-corrected chi connectivity index (χ4v) is 8.33. The average Bonchev–Trinajstić information content (AvgIpc) is 3.18. The fraction of sp³-hybridized carbons (Fsp3) is 0.200. The number of halogens is 6. The van der Waals surface area contributed by atoms with Crippen LogP contribution < -0.4 is 9.80 Å². The van der Waals surface area contributed by atoms with Crippen molar-refractivity contribution in [3.05, 3.63) is 168 Å². The molecule has 0 spiro atoms. The predicted molar refractivity (Wildman–Crippen MR) is 227 cm³/mol. The van der Waals surface area contributed by atoms with Crippen molar-refractivity contribution >= 4 is 66.4 Å². The molecule has 0 bridgehead atoms. The number of alkyl halides is 6. The molecule has 0 aliphatic rings. The van der Waals surface area contributed by atoms with E-state index >= 15 is 0 Å². The Hall–Kier alpha value is -6.02. The van der Waals surface area contributed by atoms with Crippen molar-refractivity contribution < 1.29 is 26.3 Å². The van der Waals surface area contributed by atoms with Gasteiger partial charge in [-0.25, -0.2) is 0 Å². The van der Waals surface area contributed by atoms with E-state index in [-0.39, 0.29) is 23.0 Å². The molecule has 0 heterocycles. The minimum absolute atomic E-state index is 0.121. The Morgan fingerprint density at radius 3 is 1.02 bits per heavy atom. The third kappa shape index (κ3) is 7.55. The van der Waals surface area contributed by atoms with E-state index < -0.39 is 25.2 Å². The molecule has 294 valence electrons. The number of rotatable bonds is 10. The van der Waals surface area contributed by atoms with Crippen LogP contribution in [0.15, 0.2) is 146 Å². The van der Waals surface area contributed by atoms with Crippen LogP contribution in [0.2, 0.25) is 0 Å². The predicted octanol–water partition coefficient (Wildman–Crippen LogP) is 16.0. The summed E-state index contributed by atoms with van der Waals surface area (Å²) in [5, 5.41) is 6.32. The molecule has 0 atom stereocenters. The third-order valence-corrected chi connectivity index (χ3v) is 10.9. The first-order valence-corrected chi connectivity index (χ1v) is 19.5. The summed E-state index contributed by atoms with van der Waals surface area (Å²) in [7, 11) is 0. The monoisotopic (exact) mass is 784 g/mol. The lowest BCUT2D eigenvalue weighted by Gasteiger charge is -2.31. The van der Waals surface area contributed by atoms with Crippen LogP contribution in [0.3, 0.4) is 0 Å². The summed E-state index contributed by atoms with van der Waals surface area (Å²) in [6.07, 6.45) is -10.7. The first kappa shape index (κ1) is 38.8. The maximum Gasteiger partial charge on any atom is 0.393 e. The first-order valence-electron chi connectivity index (χ1n) is 19.5. The highest BCUT2D eigenvalue weighted by Crippen LogP contribution is 2.51. The molecule has 8 rings (SSSR count). The Kier molecular flexibility index (Phi) is 10.1. The number of hydrogen-bond acceptors (Lipinski definition) is 2. The van der Waals surface area contributed by atoms with Gasteiger partial charge in [-0.1, -0.05) is 113 Å². The Morgan fingerprint density at radius 1 is 0.397 bits per heavy atom. The second kappa shape index (κ2) is 15.1. The maximum absolute atomic E-state index is 13.4. The van der Waals surface area contributed by atoms with Crippen LogP contribution in [-0.4, -0.2) is 12.4 Å². The Morgan fingerprint density at radius 2 is 0.707 bits per heavy atom. The quantitative estimate of drug-likeness (QED) is 0.101. The average molecular weight is 785 g/mol. The van der Waals surface area contributed by atoms with Crippen molar-refractivity contribution in [3.63, 3.8) is 0 Å². The van der Waals surface area contributed by atoms with Gasteiger partial charge in [0.25, 0.3) is 0 Å². The second-order valence-corrected chi connectivity index (χ2v) is 15.6. The summed E-state index contributed by atoms with van der Waals surface area (Å²) in [5.74, 6) is 0.241. The van der Waals surface area contributed by atoms with Crippen LogP contribution in [-0.2, 0) is 12.8 Å². The minimum Gasteiger partial charge on any atom is -0.310 e. The van der Waals surface area contributed by atoms with E-state index in [2.05, 4.69) is 73.9 Å². The van der Waals surface area contributed by atoms with E-state index in [0.717, 1.165) is 77.6 Å².